The maximum Gasteiger partial charge on any atom is 0.131 e. The minimum atomic E-state index is -0.166. The van der Waals surface area contributed by atoms with Gasteiger partial charge in [0.15, 0.2) is 0 Å². The Morgan fingerprint density at radius 2 is 2.40 bits per heavy atom. The second-order valence-corrected chi connectivity index (χ2v) is 3.77. The molecule has 15 heavy (non-hydrogen) atoms. The summed E-state index contributed by atoms with van der Waals surface area (Å²) in [6.07, 6.45) is 2.14. The summed E-state index contributed by atoms with van der Waals surface area (Å²) < 4.78 is 18.9. The summed E-state index contributed by atoms with van der Waals surface area (Å²) in [4.78, 5) is 0. The number of ether oxygens (including phenoxy) is 1. The molecule has 0 radical (unpaired) electrons. The fourth-order valence-corrected chi connectivity index (χ4v) is 2.00. The zero-order chi connectivity index (χ0) is 10.7. The normalized spacial score (nSPS) is 20.5. The molecule has 1 atom stereocenters. The van der Waals surface area contributed by atoms with Crippen LogP contribution in [0.2, 0.25) is 0 Å². The van der Waals surface area contributed by atoms with Crippen molar-refractivity contribution in [2.75, 3.05) is 13.2 Å². The van der Waals surface area contributed by atoms with Crippen LogP contribution in [0.3, 0.4) is 0 Å². The van der Waals surface area contributed by atoms with Crippen LogP contribution in [-0.2, 0) is 0 Å². The van der Waals surface area contributed by atoms with Gasteiger partial charge in [0, 0.05) is 17.7 Å². The van der Waals surface area contributed by atoms with E-state index < -0.39 is 0 Å². The van der Waals surface area contributed by atoms with Crippen LogP contribution in [0, 0.1) is 5.82 Å². The summed E-state index contributed by atoms with van der Waals surface area (Å²) in [5.41, 5.74) is 0.760. The average molecular weight is 209 g/mol. The van der Waals surface area contributed by atoms with E-state index in [0.717, 1.165) is 24.9 Å². The first-order valence-corrected chi connectivity index (χ1v) is 5.47. The van der Waals surface area contributed by atoms with Gasteiger partial charge in [0.25, 0.3) is 0 Å². The van der Waals surface area contributed by atoms with E-state index in [0.29, 0.717) is 12.4 Å². The lowest BCUT2D eigenvalue weighted by Crippen LogP contribution is -2.14. The monoisotopic (exact) mass is 209 g/mol. The molecule has 1 heterocycles. The molecular weight excluding hydrogens is 193 g/mol. The van der Waals surface area contributed by atoms with Gasteiger partial charge >= 0.3 is 0 Å². The van der Waals surface area contributed by atoms with E-state index in [4.69, 9.17) is 4.74 Å². The molecule has 1 aromatic rings. The molecule has 2 nitrogen and oxygen atoms in total. The molecule has 1 saturated heterocycles. The zero-order valence-corrected chi connectivity index (χ0v) is 8.92. The van der Waals surface area contributed by atoms with E-state index in [-0.39, 0.29) is 11.9 Å². The molecule has 0 aliphatic carbocycles. The highest BCUT2D eigenvalue weighted by Crippen LogP contribution is 2.27. The smallest absolute Gasteiger partial charge is 0.131 e. The first kappa shape index (κ1) is 10.4. The molecule has 1 aliphatic rings. The molecule has 0 aromatic heterocycles. The van der Waals surface area contributed by atoms with Crippen LogP contribution >= 0.6 is 0 Å². The molecule has 82 valence electrons. The molecule has 1 aromatic carbocycles. The molecular formula is C12H16FNO. The Bertz CT molecular complexity index is 334. The maximum atomic E-state index is 13.7. The van der Waals surface area contributed by atoms with E-state index in [1.165, 1.54) is 6.07 Å². The number of hydrogen-bond acceptors (Lipinski definition) is 2. The van der Waals surface area contributed by atoms with E-state index >= 15 is 0 Å². The Labute approximate surface area is 89.4 Å². The van der Waals surface area contributed by atoms with Crippen molar-refractivity contribution < 1.29 is 9.13 Å². The average Bonchev–Trinajstić information content (AvgIpc) is 2.71. The lowest BCUT2D eigenvalue weighted by atomic mass is 10.0. The van der Waals surface area contributed by atoms with E-state index in [1.54, 1.807) is 0 Å². The summed E-state index contributed by atoms with van der Waals surface area (Å²) >= 11 is 0. The van der Waals surface area contributed by atoms with Crippen LogP contribution in [0.4, 0.5) is 4.39 Å². The fourth-order valence-electron chi connectivity index (χ4n) is 2.00. The second-order valence-electron chi connectivity index (χ2n) is 3.77. The van der Waals surface area contributed by atoms with Gasteiger partial charge < -0.3 is 10.1 Å². The topological polar surface area (TPSA) is 21.3 Å². The van der Waals surface area contributed by atoms with Crippen LogP contribution < -0.4 is 10.1 Å². The highest BCUT2D eigenvalue weighted by Gasteiger charge is 2.19. The Kier molecular flexibility index (Phi) is 3.21. The van der Waals surface area contributed by atoms with Crippen molar-refractivity contribution in [1.29, 1.82) is 0 Å². The van der Waals surface area contributed by atoms with Gasteiger partial charge in [-0.25, -0.2) is 4.39 Å². The Hall–Kier alpha value is -1.09. The predicted molar refractivity (Wildman–Crippen MR) is 57.5 cm³/mol. The van der Waals surface area contributed by atoms with Gasteiger partial charge in [-0.3, -0.25) is 0 Å². The third-order valence-electron chi connectivity index (χ3n) is 2.72. The second kappa shape index (κ2) is 4.62. The lowest BCUT2D eigenvalue weighted by molar-refractivity contribution is 0.337. The Morgan fingerprint density at radius 1 is 1.53 bits per heavy atom. The van der Waals surface area contributed by atoms with Crippen molar-refractivity contribution in [3.63, 3.8) is 0 Å². The third-order valence-corrected chi connectivity index (χ3v) is 2.72. The molecule has 1 N–H and O–H groups in total. The fraction of sp³-hybridized carbons (Fsp3) is 0.500. The molecule has 1 aliphatic heterocycles. The van der Waals surface area contributed by atoms with Gasteiger partial charge in [-0.05, 0) is 32.4 Å². The first-order valence-electron chi connectivity index (χ1n) is 5.47. The molecule has 0 saturated carbocycles. The van der Waals surface area contributed by atoms with Crippen LogP contribution in [0.15, 0.2) is 18.2 Å². The Balaban J connectivity index is 2.18. The molecule has 1 unspecified atom stereocenters. The van der Waals surface area contributed by atoms with E-state index in [2.05, 4.69) is 5.32 Å². The van der Waals surface area contributed by atoms with Gasteiger partial charge in [0.1, 0.15) is 11.6 Å². The van der Waals surface area contributed by atoms with Crippen molar-refractivity contribution in [3.05, 3.63) is 29.6 Å². The van der Waals surface area contributed by atoms with E-state index in [1.807, 2.05) is 19.1 Å². The van der Waals surface area contributed by atoms with Gasteiger partial charge in [0.2, 0.25) is 0 Å². The first-order chi connectivity index (χ1) is 7.31. The number of hydrogen-bond donors (Lipinski definition) is 1. The molecule has 0 amide bonds. The summed E-state index contributed by atoms with van der Waals surface area (Å²) in [5, 5.41) is 3.28. The number of nitrogens with one attached hydrogen (secondary N) is 1. The SMILES string of the molecule is CCOc1ccc(C2CCCN2)c(F)c1. The minimum Gasteiger partial charge on any atom is -0.494 e. The predicted octanol–water partition coefficient (Wildman–Crippen LogP) is 2.65. The van der Waals surface area contributed by atoms with Gasteiger partial charge in [-0.2, -0.15) is 0 Å². The van der Waals surface area contributed by atoms with Crippen molar-refractivity contribution in [2.45, 2.75) is 25.8 Å². The molecule has 0 spiro atoms. The minimum absolute atomic E-state index is 0.166. The van der Waals surface area contributed by atoms with Gasteiger partial charge in [-0.15, -0.1) is 0 Å². The summed E-state index contributed by atoms with van der Waals surface area (Å²) in [7, 11) is 0. The molecule has 3 heteroatoms. The summed E-state index contributed by atoms with van der Waals surface area (Å²) in [6.45, 7) is 3.45. The quantitative estimate of drug-likeness (QED) is 0.826. The van der Waals surface area contributed by atoms with Crippen molar-refractivity contribution in [3.8, 4) is 5.75 Å². The number of halogens is 1. The van der Waals surface area contributed by atoms with Crippen molar-refractivity contribution in [2.24, 2.45) is 0 Å². The number of benzene rings is 1. The highest BCUT2D eigenvalue weighted by molar-refractivity contribution is 5.31. The van der Waals surface area contributed by atoms with Crippen LogP contribution in [0.25, 0.3) is 0 Å². The lowest BCUT2D eigenvalue weighted by Gasteiger charge is -2.12. The van der Waals surface area contributed by atoms with Gasteiger partial charge in [0.05, 0.1) is 6.61 Å². The maximum absolute atomic E-state index is 13.7. The van der Waals surface area contributed by atoms with E-state index in [9.17, 15) is 4.39 Å². The highest BCUT2D eigenvalue weighted by atomic mass is 19.1. The third kappa shape index (κ3) is 2.29. The van der Waals surface area contributed by atoms with Crippen molar-refractivity contribution >= 4 is 0 Å². The standard InChI is InChI=1S/C12H16FNO/c1-2-15-9-5-6-10(11(13)8-9)12-4-3-7-14-12/h5-6,8,12,14H,2-4,7H2,1H3. The molecule has 1 fully saturated rings. The Morgan fingerprint density at radius 3 is 3.00 bits per heavy atom. The number of rotatable bonds is 3. The van der Waals surface area contributed by atoms with Crippen LogP contribution in [0.5, 0.6) is 5.75 Å². The summed E-state index contributed by atoms with van der Waals surface area (Å²) in [6, 6.07) is 5.31. The zero-order valence-electron chi connectivity index (χ0n) is 8.92. The van der Waals surface area contributed by atoms with Crippen LogP contribution in [0.1, 0.15) is 31.4 Å². The van der Waals surface area contributed by atoms with Crippen molar-refractivity contribution in [1.82, 2.24) is 5.32 Å². The summed E-state index contributed by atoms with van der Waals surface area (Å²) in [5.74, 6) is 0.442. The largest absolute Gasteiger partial charge is 0.494 e. The van der Waals surface area contributed by atoms with Crippen LogP contribution in [-0.4, -0.2) is 13.2 Å². The van der Waals surface area contributed by atoms with Gasteiger partial charge in [-0.1, -0.05) is 6.07 Å². The molecule has 0 bridgehead atoms. The molecule has 2 rings (SSSR count).